The smallest absolute Gasteiger partial charge is 0.504 e. The van der Waals surface area contributed by atoms with E-state index in [1.54, 1.807) is 12.1 Å². The van der Waals surface area contributed by atoms with Crippen molar-refractivity contribution in [3.8, 4) is 22.8 Å². The van der Waals surface area contributed by atoms with E-state index in [0.717, 1.165) is 12.1 Å². The van der Waals surface area contributed by atoms with Crippen LogP contribution in [0.2, 0.25) is 5.02 Å². The van der Waals surface area contributed by atoms with Crippen LogP contribution in [0, 0.1) is 0 Å². The number of phenols is 1. The fourth-order valence-corrected chi connectivity index (χ4v) is 1.70. The quantitative estimate of drug-likeness (QED) is 0.908. The van der Waals surface area contributed by atoms with Gasteiger partial charge in [0.1, 0.15) is 0 Å². The second-order valence-electron chi connectivity index (χ2n) is 3.56. The van der Waals surface area contributed by atoms with E-state index in [9.17, 15) is 18.3 Å². The van der Waals surface area contributed by atoms with Gasteiger partial charge >= 0.3 is 6.36 Å². The topological polar surface area (TPSA) is 42.4 Å². The number of hydrogen-bond donors (Lipinski definition) is 1. The van der Waals surface area contributed by atoms with Crippen molar-refractivity contribution in [3.63, 3.8) is 0 Å². The lowest BCUT2D eigenvalue weighted by Gasteiger charge is -2.12. The van der Waals surface area contributed by atoms with Crippen molar-refractivity contribution in [1.29, 1.82) is 0 Å². The fourth-order valence-electron chi connectivity index (χ4n) is 1.47. The summed E-state index contributed by atoms with van der Waals surface area (Å²) in [6.45, 7) is 0. The third-order valence-corrected chi connectivity index (χ3v) is 2.52. The number of rotatable bonds is 2. The maximum absolute atomic E-state index is 12.2. The Kier molecular flexibility index (Phi) is 3.53. The number of phenolic OH excluding ortho intramolecular Hbond substituents is 1. The second-order valence-corrected chi connectivity index (χ2v) is 3.97. The van der Waals surface area contributed by atoms with Crippen molar-refractivity contribution in [2.75, 3.05) is 0 Å². The van der Waals surface area contributed by atoms with Gasteiger partial charge in [-0.15, -0.1) is 13.2 Å². The summed E-state index contributed by atoms with van der Waals surface area (Å²) in [5, 5.41) is 9.62. The van der Waals surface area contributed by atoms with Gasteiger partial charge < -0.3 is 9.84 Å². The predicted octanol–water partition coefficient (Wildman–Crippen LogP) is 4.01. The number of aromatic hydroxyl groups is 1. The van der Waals surface area contributed by atoms with Gasteiger partial charge in [-0.3, -0.25) is 4.98 Å². The van der Waals surface area contributed by atoms with Crippen molar-refractivity contribution >= 4 is 11.6 Å². The predicted molar refractivity (Wildman–Crippen MR) is 63.0 cm³/mol. The van der Waals surface area contributed by atoms with Gasteiger partial charge in [0, 0.05) is 11.8 Å². The van der Waals surface area contributed by atoms with E-state index in [0.29, 0.717) is 11.3 Å². The first-order valence-corrected chi connectivity index (χ1v) is 5.44. The average molecular weight is 290 g/mol. The summed E-state index contributed by atoms with van der Waals surface area (Å²) in [6.07, 6.45) is -3.43. The second kappa shape index (κ2) is 4.97. The van der Waals surface area contributed by atoms with Crippen LogP contribution in [0.15, 0.2) is 36.5 Å². The van der Waals surface area contributed by atoms with E-state index >= 15 is 0 Å². The highest BCUT2D eigenvalue weighted by atomic mass is 35.5. The molecule has 2 aromatic rings. The highest BCUT2D eigenvalue weighted by Crippen LogP contribution is 2.36. The number of alkyl halides is 3. The lowest BCUT2D eigenvalue weighted by Crippen LogP contribution is -2.17. The van der Waals surface area contributed by atoms with E-state index in [1.165, 1.54) is 12.3 Å². The van der Waals surface area contributed by atoms with Crippen molar-refractivity contribution in [1.82, 2.24) is 4.98 Å². The summed E-state index contributed by atoms with van der Waals surface area (Å²) < 4.78 is 40.2. The van der Waals surface area contributed by atoms with Gasteiger partial charge in [-0.2, -0.15) is 0 Å². The normalized spacial score (nSPS) is 11.4. The highest BCUT2D eigenvalue weighted by Gasteiger charge is 2.32. The SMILES string of the molecule is Oc1ccc(-c2ncccc2Cl)cc1OC(F)(F)F. The number of hydrogen-bond acceptors (Lipinski definition) is 3. The molecule has 0 spiro atoms. The number of halogens is 4. The Morgan fingerprint density at radius 3 is 2.58 bits per heavy atom. The number of benzene rings is 1. The summed E-state index contributed by atoms with van der Waals surface area (Å²) in [7, 11) is 0. The molecule has 0 amide bonds. The molecule has 0 saturated heterocycles. The van der Waals surface area contributed by atoms with Gasteiger partial charge in [-0.1, -0.05) is 11.6 Å². The summed E-state index contributed by atoms with van der Waals surface area (Å²) in [5.74, 6) is -1.32. The zero-order valence-electron chi connectivity index (χ0n) is 9.28. The van der Waals surface area contributed by atoms with E-state index < -0.39 is 17.9 Å². The van der Waals surface area contributed by atoms with E-state index in [2.05, 4.69) is 9.72 Å². The Labute approximate surface area is 111 Å². The Morgan fingerprint density at radius 2 is 1.95 bits per heavy atom. The van der Waals surface area contributed by atoms with Crippen molar-refractivity contribution in [2.45, 2.75) is 6.36 Å². The molecule has 0 aliphatic rings. The third kappa shape index (κ3) is 3.29. The van der Waals surface area contributed by atoms with Gasteiger partial charge in [-0.05, 0) is 30.3 Å². The summed E-state index contributed by atoms with van der Waals surface area (Å²) in [5.41, 5.74) is 0.610. The van der Waals surface area contributed by atoms with Crippen molar-refractivity contribution in [2.24, 2.45) is 0 Å². The molecule has 1 aromatic heterocycles. The monoisotopic (exact) mass is 289 g/mol. The zero-order chi connectivity index (χ0) is 14.0. The van der Waals surface area contributed by atoms with Gasteiger partial charge in [0.15, 0.2) is 11.5 Å². The van der Waals surface area contributed by atoms with Gasteiger partial charge in [-0.25, -0.2) is 0 Å². The molecule has 1 N–H and O–H groups in total. The minimum Gasteiger partial charge on any atom is -0.504 e. The molecule has 0 radical (unpaired) electrons. The molecule has 19 heavy (non-hydrogen) atoms. The van der Waals surface area contributed by atoms with E-state index in [4.69, 9.17) is 11.6 Å². The number of aromatic nitrogens is 1. The minimum atomic E-state index is -4.88. The number of ether oxygens (including phenoxy) is 1. The molecule has 1 heterocycles. The van der Waals surface area contributed by atoms with Crippen LogP contribution in [0.1, 0.15) is 0 Å². The number of pyridine rings is 1. The molecule has 3 nitrogen and oxygen atoms in total. The lowest BCUT2D eigenvalue weighted by atomic mass is 10.1. The van der Waals surface area contributed by atoms with Crippen LogP contribution < -0.4 is 4.74 Å². The highest BCUT2D eigenvalue weighted by molar-refractivity contribution is 6.33. The molecular formula is C12H7ClF3NO2. The van der Waals surface area contributed by atoms with Crippen molar-refractivity contribution < 1.29 is 23.0 Å². The molecular weight excluding hydrogens is 283 g/mol. The third-order valence-electron chi connectivity index (χ3n) is 2.22. The lowest BCUT2D eigenvalue weighted by molar-refractivity contribution is -0.275. The Hall–Kier alpha value is -1.95. The Morgan fingerprint density at radius 1 is 1.21 bits per heavy atom. The Bertz CT molecular complexity index is 602. The van der Waals surface area contributed by atoms with Gasteiger partial charge in [0.05, 0.1) is 10.7 Å². The molecule has 0 aliphatic heterocycles. The van der Waals surface area contributed by atoms with Crippen LogP contribution in [0.4, 0.5) is 13.2 Å². The van der Waals surface area contributed by atoms with Crippen LogP contribution in [-0.2, 0) is 0 Å². The van der Waals surface area contributed by atoms with Gasteiger partial charge in [0.25, 0.3) is 0 Å². The van der Waals surface area contributed by atoms with E-state index in [1.807, 2.05) is 0 Å². The van der Waals surface area contributed by atoms with Crippen molar-refractivity contribution in [3.05, 3.63) is 41.6 Å². The molecule has 0 bridgehead atoms. The average Bonchev–Trinajstić information content (AvgIpc) is 2.31. The van der Waals surface area contributed by atoms with Crippen LogP contribution in [-0.4, -0.2) is 16.5 Å². The first-order chi connectivity index (χ1) is 8.87. The molecule has 100 valence electrons. The van der Waals surface area contributed by atoms with Gasteiger partial charge in [0.2, 0.25) is 0 Å². The molecule has 0 saturated carbocycles. The summed E-state index contributed by atoms with van der Waals surface area (Å²) in [4.78, 5) is 3.97. The maximum Gasteiger partial charge on any atom is 0.573 e. The van der Waals surface area contributed by atoms with Crippen LogP contribution in [0.25, 0.3) is 11.3 Å². The fraction of sp³-hybridized carbons (Fsp3) is 0.0833. The van der Waals surface area contributed by atoms with Crippen LogP contribution in [0.3, 0.4) is 0 Å². The zero-order valence-corrected chi connectivity index (χ0v) is 10.0. The largest absolute Gasteiger partial charge is 0.573 e. The summed E-state index contributed by atoms with van der Waals surface area (Å²) >= 11 is 5.90. The molecule has 0 atom stereocenters. The molecule has 7 heteroatoms. The summed E-state index contributed by atoms with van der Waals surface area (Å²) in [6, 6.07) is 6.66. The van der Waals surface area contributed by atoms with E-state index in [-0.39, 0.29) is 5.02 Å². The minimum absolute atomic E-state index is 0.283. The standard InChI is InChI=1S/C12H7ClF3NO2/c13-8-2-1-5-17-11(8)7-3-4-9(18)10(6-7)19-12(14,15)16/h1-6,18H. The molecule has 1 aromatic carbocycles. The van der Waals surface area contributed by atoms with Crippen LogP contribution >= 0.6 is 11.6 Å². The Balaban J connectivity index is 2.44. The molecule has 2 rings (SSSR count). The molecule has 0 aliphatic carbocycles. The van der Waals surface area contributed by atoms with Crippen LogP contribution in [0.5, 0.6) is 11.5 Å². The molecule has 0 unspecified atom stereocenters. The molecule has 0 fully saturated rings. The first-order valence-electron chi connectivity index (χ1n) is 5.06. The number of nitrogens with zero attached hydrogens (tertiary/aromatic N) is 1. The first kappa shape index (κ1) is 13.5. The maximum atomic E-state index is 12.2.